The highest BCUT2D eigenvalue weighted by atomic mass is 35.5. The molecule has 0 saturated carbocycles. The quantitative estimate of drug-likeness (QED) is 0.773. The van der Waals surface area contributed by atoms with E-state index in [1.54, 1.807) is 0 Å². The van der Waals surface area contributed by atoms with Crippen molar-refractivity contribution >= 4 is 11.6 Å². The van der Waals surface area contributed by atoms with E-state index in [1.807, 2.05) is 0 Å². The third-order valence-corrected chi connectivity index (χ3v) is 1.75. The number of hydrogen-bond acceptors (Lipinski definition) is 2. The van der Waals surface area contributed by atoms with Gasteiger partial charge in [0.15, 0.2) is 0 Å². The number of nitrogens with two attached hydrogens (primary N) is 1. The summed E-state index contributed by atoms with van der Waals surface area (Å²) in [5.41, 5.74) is 4.55. The van der Waals surface area contributed by atoms with Gasteiger partial charge in [-0.2, -0.15) is 13.2 Å². The third-order valence-electron chi connectivity index (χ3n) is 1.43. The molecule has 72 valence electrons. The summed E-state index contributed by atoms with van der Waals surface area (Å²) in [7, 11) is 0. The van der Waals surface area contributed by atoms with Gasteiger partial charge in [0.05, 0.1) is 10.7 Å². The van der Waals surface area contributed by atoms with E-state index >= 15 is 0 Å². The molecule has 0 amide bonds. The van der Waals surface area contributed by atoms with Crippen molar-refractivity contribution in [3.63, 3.8) is 0 Å². The van der Waals surface area contributed by atoms with Crippen LogP contribution in [-0.2, 0) is 0 Å². The van der Waals surface area contributed by atoms with Gasteiger partial charge in [-0.15, -0.1) is 0 Å². The molecule has 6 heteroatoms. The number of pyridine rings is 1. The summed E-state index contributed by atoms with van der Waals surface area (Å²) >= 11 is 5.48. The highest BCUT2D eigenvalue weighted by Gasteiger charge is 2.39. The third kappa shape index (κ3) is 2.32. The van der Waals surface area contributed by atoms with Gasteiger partial charge in [0.2, 0.25) is 0 Å². The molecule has 1 aromatic heterocycles. The van der Waals surface area contributed by atoms with Gasteiger partial charge < -0.3 is 5.73 Å². The lowest BCUT2D eigenvalue weighted by Crippen LogP contribution is -2.29. The van der Waals surface area contributed by atoms with Crippen LogP contribution in [0.3, 0.4) is 0 Å². The fourth-order valence-electron chi connectivity index (χ4n) is 0.782. The van der Waals surface area contributed by atoms with Crippen molar-refractivity contribution < 1.29 is 13.2 Å². The fourth-order valence-corrected chi connectivity index (χ4v) is 1.02. The second-order valence-corrected chi connectivity index (χ2v) is 2.80. The smallest absolute Gasteiger partial charge is 0.315 e. The lowest BCUT2D eigenvalue weighted by Gasteiger charge is -2.15. The molecule has 0 saturated heterocycles. The minimum Gasteiger partial charge on any atom is -0.315 e. The minimum atomic E-state index is -4.52. The molecule has 0 fully saturated rings. The van der Waals surface area contributed by atoms with Crippen LogP contribution >= 0.6 is 11.6 Å². The first-order valence-electron chi connectivity index (χ1n) is 3.35. The Bertz CT molecular complexity index is 300. The van der Waals surface area contributed by atoms with Crippen LogP contribution in [0.25, 0.3) is 0 Å². The topological polar surface area (TPSA) is 38.9 Å². The predicted octanol–water partition coefficient (Wildman–Crippen LogP) is 2.30. The lowest BCUT2D eigenvalue weighted by atomic mass is 10.2. The second-order valence-electron chi connectivity index (χ2n) is 2.39. The molecule has 0 aliphatic rings. The van der Waals surface area contributed by atoms with E-state index in [2.05, 4.69) is 4.98 Å². The van der Waals surface area contributed by atoms with Gasteiger partial charge in [0, 0.05) is 6.20 Å². The van der Waals surface area contributed by atoms with E-state index in [1.165, 1.54) is 18.3 Å². The second kappa shape index (κ2) is 3.51. The monoisotopic (exact) mass is 210 g/mol. The average molecular weight is 211 g/mol. The summed E-state index contributed by atoms with van der Waals surface area (Å²) in [6, 6.07) is 0.630. The average Bonchev–Trinajstić information content (AvgIpc) is 2.02. The van der Waals surface area contributed by atoms with Crippen LogP contribution in [0.2, 0.25) is 5.02 Å². The molecular formula is C7H6ClF3N2. The maximum Gasteiger partial charge on any atom is 0.409 e. The van der Waals surface area contributed by atoms with Gasteiger partial charge in [0.1, 0.15) is 6.04 Å². The number of alkyl halides is 3. The molecule has 0 radical (unpaired) electrons. The standard InChI is InChI=1S/C7H6ClF3N2/c8-4-2-1-3-13-5(4)6(12)7(9,10)11/h1-3,6H,12H2. The number of halogens is 4. The SMILES string of the molecule is NC(c1ncccc1Cl)C(F)(F)F. The van der Waals surface area contributed by atoms with E-state index in [-0.39, 0.29) is 10.7 Å². The number of rotatable bonds is 1. The zero-order valence-corrected chi connectivity index (χ0v) is 7.10. The first-order chi connectivity index (χ1) is 5.93. The van der Waals surface area contributed by atoms with Gasteiger partial charge in [-0.1, -0.05) is 11.6 Å². The summed E-state index contributed by atoms with van der Waals surface area (Å²) < 4.78 is 36.3. The van der Waals surface area contributed by atoms with Crippen LogP contribution < -0.4 is 5.73 Å². The zero-order valence-electron chi connectivity index (χ0n) is 6.35. The summed E-state index contributed by atoms with van der Waals surface area (Å²) in [5.74, 6) is 0. The molecule has 1 heterocycles. The van der Waals surface area contributed by atoms with Crippen molar-refractivity contribution in [2.75, 3.05) is 0 Å². The minimum absolute atomic E-state index is 0.0766. The van der Waals surface area contributed by atoms with Crippen LogP contribution in [0.15, 0.2) is 18.3 Å². The largest absolute Gasteiger partial charge is 0.409 e. The zero-order chi connectivity index (χ0) is 10.1. The molecule has 0 bridgehead atoms. The molecule has 2 N–H and O–H groups in total. The van der Waals surface area contributed by atoms with Crippen LogP contribution in [0, 0.1) is 0 Å². The Balaban J connectivity index is 3.02. The van der Waals surface area contributed by atoms with E-state index < -0.39 is 12.2 Å². The molecule has 1 aromatic rings. The Morgan fingerprint density at radius 1 is 1.46 bits per heavy atom. The molecule has 0 aromatic carbocycles. The molecule has 1 rings (SSSR count). The Hall–Kier alpha value is -0.810. The summed E-state index contributed by atoms with van der Waals surface area (Å²) in [5, 5.41) is -0.0766. The number of aromatic nitrogens is 1. The Morgan fingerprint density at radius 3 is 2.54 bits per heavy atom. The van der Waals surface area contributed by atoms with Gasteiger partial charge in [-0.3, -0.25) is 4.98 Å². The molecule has 1 atom stereocenters. The number of hydrogen-bond donors (Lipinski definition) is 1. The normalized spacial score (nSPS) is 14.2. The van der Waals surface area contributed by atoms with Crippen molar-refractivity contribution in [1.29, 1.82) is 0 Å². The Kier molecular flexibility index (Phi) is 2.77. The van der Waals surface area contributed by atoms with Gasteiger partial charge >= 0.3 is 6.18 Å². The van der Waals surface area contributed by atoms with E-state index in [9.17, 15) is 13.2 Å². The van der Waals surface area contributed by atoms with Crippen LogP contribution in [0.4, 0.5) is 13.2 Å². The number of nitrogens with zero attached hydrogens (tertiary/aromatic N) is 1. The molecule has 13 heavy (non-hydrogen) atoms. The van der Waals surface area contributed by atoms with Gasteiger partial charge in [-0.05, 0) is 12.1 Å². The maximum atomic E-state index is 12.1. The maximum absolute atomic E-state index is 12.1. The van der Waals surface area contributed by atoms with Crippen molar-refractivity contribution in [3.8, 4) is 0 Å². The van der Waals surface area contributed by atoms with E-state index in [4.69, 9.17) is 17.3 Å². The highest BCUT2D eigenvalue weighted by Crippen LogP contribution is 2.32. The summed E-state index contributed by atoms with van der Waals surface area (Å²) in [6.07, 6.45) is -3.30. The summed E-state index contributed by atoms with van der Waals surface area (Å²) in [6.45, 7) is 0. The van der Waals surface area contributed by atoms with Crippen LogP contribution in [-0.4, -0.2) is 11.2 Å². The highest BCUT2D eigenvalue weighted by molar-refractivity contribution is 6.31. The fraction of sp³-hybridized carbons (Fsp3) is 0.286. The van der Waals surface area contributed by atoms with E-state index in [0.717, 1.165) is 0 Å². The van der Waals surface area contributed by atoms with Gasteiger partial charge in [-0.25, -0.2) is 0 Å². The van der Waals surface area contributed by atoms with Gasteiger partial charge in [0.25, 0.3) is 0 Å². The molecule has 0 aliphatic carbocycles. The molecular weight excluding hydrogens is 205 g/mol. The van der Waals surface area contributed by atoms with E-state index in [0.29, 0.717) is 0 Å². The summed E-state index contributed by atoms with van der Waals surface area (Å²) in [4.78, 5) is 3.47. The molecule has 2 nitrogen and oxygen atoms in total. The van der Waals surface area contributed by atoms with Crippen LogP contribution in [0.5, 0.6) is 0 Å². The Morgan fingerprint density at radius 2 is 2.08 bits per heavy atom. The van der Waals surface area contributed by atoms with Crippen molar-refractivity contribution in [3.05, 3.63) is 29.0 Å². The first kappa shape index (κ1) is 10.3. The molecule has 1 unspecified atom stereocenters. The van der Waals surface area contributed by atoms with Crippen molar-refractivity contribution in [2.24, 2.45) is 5.73 Å². The molecule has 0 aliphatic heterocycles. The first-order valence-corrected chi connectivity index (χ1v) is 3.73. The lowest BCUT2D eigenvalue weighted by molar-refractivity contribution is -0.149. The Labute approximate surface area is 77.5 Å². The van der Waals surface area contributed by atoms with Crippen molar-refractivity contribution in [2.45, 2.75) is 12.2 Å². The predicted molar refractivity (Wildman–Crippen MR) is 42.2 cm³/mol. The van der Waals surface area contributed by atoms with Crippen LogP contribution in [0.1, 0.15) is 11.7 Å². The molecule has 0 spiro atoms. The van der Waals surface area contributed by atoms with Crippen molar-refractivity contribution in [1.82, 2.24) is 4.98 Å².